The van der Waals surface area contributed by atoms with Gasteiger partial charge in [0.15, 0.2) is 18.0 Å². The van der Waals surface area contributed by atoms with Crippen molar-refractivity contribution in [2.24, 2.45) is 0 Å². The zero-order valence-corrected chi connectivity index (χ0v) is 17.3. The maximum atomic E-state index is 12.5. The fraction of sp³-hybridized carbons (Fsp3) is 0.300. The summed E-state index contributed by atoms with van der Waals surface area (Å²) in [5.74, 6) is -0.332. The van der Waals surface area contributed by atoms with Crippen LogP contribution in [0.1, 0.15) is 39.0 Å². The van der Waals surface area contributed by atoms with Gasteiger partial charge in [0.05, 0.1) is 17.0 Å². The number of nitrogens with zero attached hydrogens (tertiary/aromatic N) is 4. The molecule has 10 heteroatoms. The predicted octanol–water partition coefficient (Wildman–Crippen LogP) is 1.79. The van der Waals surface area contributed by atoms with Crippen LogP contribution in [-0.4, -0.2) is 53.7 Å². The minimum Gasteiger partial charge on any atom is -0.454 e. The van der Waals surface area contributed by atoms with E-state index in [1.54, 1.807) is 54.8 Å². The van der Waals surface area contributed by atoms with Crippen molar-refractivity contribution in [1.82, 2.24) is 14.6 Å². The molecule has 0 spiro atoms. The van der Waals surface area contributed by atoms with E-state index in [-0.39, 0.29) is 17.1 Å². The van der Waals surface area contributed by atoms with E-state index >= 15 is 0 Å². The van der Waals surface area contributed by atoms with E-state index in [9.17, 15) is 18.0 Å². The van der Waals surface area contributed by atoms with E-state index in [1.165, 1.54) is 4.31 Å². The molecule has 1 aromatic carbocycles. The molecule has 30 heavy (non-hydrogen) atoms. The van der Waals surface area contributed by atoms with E-state index in [1.807, 2.05) is 0 Å². The number of carbonyl (C=O) groups is 2. The number of esters is 1. The fourth-order valence-electron chi connectivity index (χ4n) is 3.41. The summed E-state index contributed by atoms with van der Waals surface area (Å²) in [7, 11) is -3.34. The van der Waals surface area contributed by atoms with Gasteiger partial charge >= 0.3 is 5.97 Å². The van der Waals surface area contributed by atoms with Crippen molar-refractivity contribution >= 4 is 33.1 Å². The number of aromatic nitrogens is 3. The molecule has 3 aromatic rings. The Bertz CT molecular complexity index is 1270. The van der Waals surface area contributed by atoms with Crippen LogP contribution in [0.4, 0.5) is 5.69 Å². The highest BCUT2D eigenvalue weighted by Gasteiger charge is 2.28. The lowest BCUT2D eigenvalue weighted by atomic mass is 10.1. The molecule has 3 heterocycles. The molecule has 0 amide bonds. The number of Topliss-reactive ketones (excluding diaryl/α,β-unsaturated/α-hetero) is 1. The number of benzene rings is 1. The van der Waals surface area contributed by atoms with E-state index in [4.69, 9.17) is 4.74 Å². The number of pyridine rings is 1. The Hall–Kier alpha value is -3.27. The number of carbonyl (C=O) groups excluding carboxylic acids is 2. The van der Waals surface area contributed by atoms with Gasteiger partial charge in [0.25, 0.3) is 0 Å². The Morgan fingerprint density at radius 1 is 1.13 bits per heavy atom. The molecule has 0 aliphatic carbocycles. The topological polar surface area (TPSA) is 111 Å². The van der Waals surface area contributed by atoms with Crippen molar-refractivity contribution in [2.75, 3.05) is 23.2 Å². The highest BCUT2D eigenvalue weighted by atomic mass is 32.2. The summed E-state index contributed by atoms with van der Waals surface area (Å²) in [4.78, 5) is 24.8. The number of anilines is 1. The Morgan fingerprint density at radius 3 is 2.67 bits per heavy atom. The largest absolute Gasteiger partial charge is 0.454 e. The lowest BCUT2D eigenvalue weighted by Gasteiger charge is -2.18. The van der Waals surface area contributed by atoms with Crippen molar-refractivity contribution in [1.29, 1.82) is 0 Å². The summed E-state index contributed by atoms with van der Waals surface area (Å²) in [5, 5.41) is 7.88. The molecule has 0 N–H and O–H groups in total. The van der Waals surface area contributed by atoms with Gasteiger partial charge in [-0.2, -0.15) is 0 Å². The van der Waals surface area contributed by atoms with Crippen LogP contribution in [-0.2, 0) is 21.2 Å². The monoisotopic (exact) mass is 428 g/mol. The normalized spacial score (nSPS) is 13.5. The second-order valence-corrected chi connectivity index (χ2v) is 9.14. The number of rotatable bonds is 6. The highest BCUT2D eigenvalue weighted by molar-refractivity contribution is 7.92. The minimum atomic E-state index is -3.34. The van der Waals surface area contributed by atoms with Gasteiger partial charge in [-0.3, -0.25) is 13.5 Å². The molecule has 0 saturated carbocycles. The number of sulfonamides is 1. The van der Waals surface area contributed by atoms with Crippen molar-refractivity contribution in [3.8, 4) is 0 Å². The first-order valence-corrected chi connectivity index (χ1v) is 11.1. The summed E-state index contributed by atoms with van der Waals surface area (Å²) >= 11 is 0. The molecule has 2 aromatic heterocycles. The maximum Gasteiger partial charge on any atom is 0.340 e. The van der Waals surface area contributed by atoms with Gasteiger partial charge in [0.1, 0.15) is 5.82 Å². The molecule has 1 aliphatic heterocycles. The Balaban J connectivity index is 1.45. The smallest absolute Gasteiger partial charge is 0.340 e. The first-order valence-electron chi connectivity index (χ1n) is 9.45. The number of ether oxygens (including phenoxy) is 1. The second kappa shape index (κ2) is 7.52. The third-order valence-corrected chi connectivity index (χ3v) is 6.88. The number of ketones is 1. The summed E-state index contributed by atoms with van der Waals surface area (Å²) < 4.78 is 32.6. The van der Waals surface area contributed by atoms with Gasteiger partial charge in [-0.1, -0.05) is 0 Å². The molecule has 4 rings (SSSR count). The lowest BCUT2D eigenvalue weighted by Crippen LogP contribution is -2.30. The van der Waals surface area contributed by atoms with E-state index in [0.29, 0.717) is 35.7 Å². The molecule has 0 atom stereocenters. The van der Waals surface area contributed by atoms with Crippen LogP contribution in [0.3, 0.4) is 0 Å². The number of hydrogen-bond donors (Lipinski definition) is 0. The van der Waals surface area contributed by atoms with Crippen LogP contribution in [0, 0.1) is 6.92 Å². The molecule has 0 saturated heterocycles. The standard InChI is InChI=1S/C20H20N4O5S/c1-3-30(27,28)24-9-8-14-10-15(4-6-17(14)24)18(25)12-29-20(26)16-5-7-19-22-21-13(2)23(19)11-16/h4-7,10-11H,3,8-9,12H2,1-2H3. The average Bonchev–Trinajstić information content (AvgIpc) is 3.35. The third-order valence-electron chi connectivity index (χ3n) is 5.10. The Labute approximate surface area is 173 Å². The average molecular weight is 428 g/mol. The molecule has 0 unspecified atom stereocenters. The number of aryl methyl sites for hydroxylation is 1. The molecule has 0 radical (unpaired) electrons. The van der Waals surface area contributed by atoms with Gasteiger partial charge in [-0.25, -0.2) is 13.2 Å². The first-order chi connectivity index (χ1) is 14.3. The minimum absolute atomic E-state index is 0.0174. The number of fused-ring (bicyclic) bond motifs is 2. The molecule has 9 nitrogen and oxygen atoms in total. The van der Waals surface area contributed by atoms with Crippen LogP contribution in [0.15, 0.2) is 36.5 Å². The zero-order valence-electron chi connectivity index (χ0n) is 16.5. The molecule has 0 bridgehead atoms. The van der Waals surface area contributed by atoms with Gasteiger partial charge in [0.2, 0.25) is 10.0 Å². The van der Waals surface area contributed by atoms with Crippen LogP contribution >= 0.6 is 0 Å². The Kier molecular flexibility index (Phi) is 5.02. The van der Waals surface area contributed by atoms with Crippen LogP contribution in [0.2, 0.25) is 0 Å². The molecule has 0 fully saturated rings. The zero-order chi connectivity index (χ0) is 21.5. The molecular formula is C20H20N4O5S. The Morgan fingerprint density at radius 2 is 1.90 bits per heavy atom. The first kappa shape index (κ1) is 20.0. The summed E-state index contributed by atoms with van der Waals surface area (Å²) in [6, 6.07) is 8.07. The molecular weight excluding hydrogens is 408 g/mol. The van der Waals surface area contributed by atoms with Gasteiger partial charge in [-0.15, -0.1) is 10.2 Å². The number of hydrogen-bond acceptors (Lipinski definition) is 7. The quantitative estimate of drug-likeness (QED) is 0.435. The van der Waals surface area contributed by atoms with Gasteiger partial charge in [0, 0.05) is 18.3 Å². The predicted molar refractivity (Wildman–Crippen MR) is 109 cm³/mol. The second-order valence-electron chi connectivity index (χ2n) is 6.96. The summed E-state index contributed by atoms with van der Waals surface area (Å²) in [6.07, 6.45) is 2.10. The van der Waals surface area contributed by atoms with E-state index in [0.717, 1.165) is 5.56 Å². The van der Waals surface area contributed by atoms with E-state index < -0.39 is 22.6 Å². The van der Waals surface area contributed by atoms with E-state index in [2.05, 4.69) is 10.2 Å². The van der Waals surface area contributed by atoms with Crippen LogP contribution in [0.25, 0.3) is 5.65 Å². The van der Waals surface area contributed by atoms with Gasteiger partial charge < -0.3 is 4.74 Å². The molecule has 1 aliphatic rings. The van der Waals surface area contributed by atoms with Gasteiger partial charge in [-0.05, 0) is 56.2 Å². The van der Waals surface area contributed by atoms with Crippen LogP contribution < -0.4 is 4.31 Å². The van der Waals surface area contributed by atoms with Crippen molar-refractivity contribution < 1.29 is 22.7 Å². The van der Waals surface area contributed by atoms with Crippen molar-refractivity contribution in [2.45, 2.75) is 20.3 Å². The molecule has 156 valence electrons. The summed E-state index contributed by atoms with van der Waals surface area (Å²) in [5.41, 5.74) is 2.66. The van der Waals surface area contributed by atoms with Crippen molar-refractivity contribution in [3.05, 3.63) is 59.0 Å². The maximum absolute atomic E-state index is 12.5. The fourth-order valence-corrected chi connectivity index (χ4v) is 4.57. The SMILES string of the molecule is CCS(=O)(=O)N1CCc2cc(C(=O)COC(=O)c3ccc4nnc(C)n4c3)ccc21. The highest BCUT2D eigenvalue weighted by Crippen LogP contribution is 2.31. The third kappa shape index (κ3) is 3.54. The van der Waals surface area contributed by atoms with Crippen LogP contribution in [0.5, 0.6) is 0 Å². The lowest BCUT2D eigenvalue weighted by molar-refractivity contribution is 0.0474. The van der Waals surface area contributed by atoms with Crippen molar-refractivity contribution in [3.63, 3.8) is 0 Å². The summed E-state index contributed by atoms with van der Waals surface area (Å²) in [6.45, 7) is 3.32.